The zero-order valence-electron chi connectivity index (χ0n) is 23.5. The molecule has 214 valence electrons. The van der Waals surface area contributed by atoms with Crippen LogP contribution in [0.1, 0.15) is 68.6 Å². The van der Waals surface area contributed by atoms with Gasteiger partial charge >= 0.3 is 0 Å². The average Bonchev–Trinajstić information content (AvgIpc) is 3.50. The van der Waals surface area contributed by atoms with Gasteiger partial charge in [0.25, 0.3) is 0 Å². The minimum atomic E-state index is -1.15. The smallest absolute Gasteiger partial charge is 0.234 e. The molecule has 10 heteroatoms. The molecule has 2 amide bonds. The molecule has 0 aliphatic carbocycles. The summed E-state index contributed by atoms with van der Waals surface area (Å²) in [6.45, 7) is 7.52. The molecule has 9 nitrogen and oxygen atoms in total. The van der Waals surface area contributed by atoms with E-state index in [1.807, 2.05) is 38.1 Å². The predicted octanol–water partition coefficient (Wildman–Crippen LogP) is 4.24. The molecule has 3 unspecified atom stereocenters. The summed E-state index contributed by atoms with van der Waals surface area (Å²) in [7, 11) is 0. The third-order valence-corrected chi connectivity index (χ3v) is 7.89. The quantitative estimate of drug-likeness (QED) is 0.352. The number of imide groups is 1. The second-order valence-corrected chi connectivity index (χ2v) is 10.7. The highest BCUT2D eigenvalue weighted by molar-refractivity contribution is 6.01. The van der Waals surface area contributed by atoms with E-state index in [1.54, 1.807) is 48.5 Å². The van der Waals surface area contributed by atoms with E-state index >= 15 is 4.39 Å². The number of carbonyl (C=O) groups is 2. The number of hydrogen-bond acceptors (Lipinski definition) is 7. The number of aromatic nitrogens is 4. The molecule has 3 atom stereocenters. The van der Waals surface area contributed by atoms with Crippen molar-refractivity contribution in [1.29, 1.82) is 0 Å². The Morgan fingerprint density at radius 1 is 1.07 bits per heavy atom. The van der Waals surface area contributed by atoms with E-state index in [9.17, 15) is 14.7 Å². The molecule has 0 saturated carbocycles. The van der Waals surface area contributed by atoms with E-state index in [1.165, 1.54) is 0 Å². The van der Waals surface area contributed by atoms with E-state index in [-0.39, 0.29) is 18.2 Å². The summed E-state index contributed by atoms with van der Waals surface area (Å²) in [5.74, 6) is -2.04. The lowest BCUT2D eigenvalue weighted by Gasteiger charge is -2.43. The van der Waals surface area contributed by atoms with Crippen molar-refractivity contribution in [3.8, 4) is 5.69 Å². The van der Waals surface area contributed by atoms with Crippen molar-refractivity contribution in [3.63, 3.8) is 0 Å². The first-order valence-electron chi connectivity index (χ1n) is 14.1. The largest absolute Gasteiger partial charge is 0.388 e. The average molecular weight is 559 g/mol. The topological polar surface area (TPSA) is 113 Å². The second-order valence-electron chi connectivity index (χ2n) is 10.7. The summed E-state index contributed by atoms with van der Waals surface area (Å²) in [4.78, 5) is 32.0. The fourth-order valence-electron chi connectivity index (χ4n) is 5.90. The Bertz CT molecular complexity index is 1540. The third-order valence-electron chi connectivity index (χ3n) is 7.89. The van der Waals surface area contributed by atoms with Gasteiger partial charge in [-0.2, -0.15) is 15.0 Å². The van der Waals surface area contributed by atoms with Crippen LogP contribution in [0.4, 0.5) is 4.39 Å². The SMILES string of the molecule is CC.CC1(O)CN(Cc2ccc(-n3nccn3)cc2)CCC1c1ccc2ncc(C3CCC(=O)NC3=O)cc2c1F. The maximum Gasteiger partial charge on any atom is 0.234 e. The number of β-amino-alcohol motifs (C(OH)–C–C–N with tert-alkyl or cyclic N) is 1. The van der Waals surface area contributed by atoms with Gasteiger partial charge in [-0.1, -0.05) is 32.0 Å². The molecule has 2 aromatic heterocycles. The molecule has 0 radical (unpaired) electrons. The highest BCUT2D eigenvalue weighted by Crippen LogP contribution is 2.39. The number of rotatable bonds is 5. The molecule has 2 fully saturated rings. The molecule has 0 bridgehead atoms. The van der Waals surface area contributed by atoms with Crippen LogP contribution >= 0.6 is 0 Å². The van der Waals surface area contributed by atoms with Gasteiger partial charge in [-0.05, 0) is 67.3 Å². The van der Waals surface area contributed by atoms with Crippen molar-refractivity contribution in [2.24, 2.45) is 0 Å². The van der Waals surface area contributed by atoms with E-state index in [0.717, 1.165) is 11.3 Å². The first-order valence-corrected chi connectivity index (χ1v) is 14.1. The fraction of sp³-hybridized carbons (Fsp3) is 0.387. The number of amides is 2. The summed E-state index contributed by atoms with van der Waals surface area (Å²) in [5.41, 5.74) is 2.34. The van der Waals surface area contributed by atoms with Crippen LogP contribution in [0.5, 0.6) is 0 Å². The van der Waals surface area contributed by atoms with Gasteiger partial charge < -0.3 is 5.11 Å². The fourth-order valence-corrected chi connectivity index (χ4v) is 5.90. The number of piperidine rings is 2. The van der Waals surface area contributed by atoms with Crippen molar-refractivity contribution < 1.29 is 19.1 Å². The Morgan fingerprint density at radius 2 is 1.80 bits per heavy atom. The summed E-state index contributed by atoms with van der Waals surface area (Å²) < 4.78 is 16.0. The number of nitrogens with zero attached hydrogens (tertiary/aromatic N) is 5. The minimum Gasteiger partial charge on any atom is -0.388 e. The Balaban J connectivity index is 0.00000165. The van der Waals surface area contributed by atoms with Crippen LogP contribution < -0.4 is 5.32 Å². The Morgan fingerprint density at radius 3 is 2.49 bits per heavy atom. The number of hydrogen-bond donors (Lipinski definition) is 2. The number of likely N-dealkylation sites (tertiary alicyclic amines) is 1. The zero-order chi connectivity index (χ0) is 29.1. The molecule has 2 saturated heterocycles. The van der Waals surface area contributed by atoms with Crippen LogP contribution in [0.3, 0.4) is 0 Å². The third kappa shape index (κ3) is 5.89. The van der Waals surface area contributed by atoms with Crippen LogP contribution in [0.25, 0.3) is 16.6 Å². The molecular formula is C31H35FN6O3. The number of pyridine rings is 1. The molecule has 4 heterocycles. The molecule has 0 spiro atoms. The van der Waals surface area contributed by atoms with E-state index in [4.69, 9.17) is 0 Å². The molecule has 4 aromatic rings. The van der Waals surface area contributed by atoms with Crippen LogP contribution in [-0.4, -0.2) is 60.5 Å². The maximum absolute atomic E-state index is 16.0. The van der Waals surface area contributed by atoms with Crippen molar-refractivity contribution in [2.75, 3.05) is 13.1 Å². The van der Waals surface area contributed by atoms with Crippen molar-refractivity contribution >= 4 is 22.7 Å². The van der Waals surface area contributed by atoms with Crippen molar-refractivity contribution in [3.05, 3.63) is 83.6 Å². The van der Waals surface area contributed by atoms with Crippen LogP contribution in [0, 0.1) is 5.82 Å². The highest BCUT2D eigenvalue weighted by atomic mass is 19.1. The van der Waals surface area contributed by atoms with Gasteiger partial charge in [-0.3, -0.25) is 24.8 Å². The molecule has 41 heavy (non-hydrogen) atoms. The lowest BCUT2D eigenvalue weighted by atomic mass is 9.77. The number of carbonyl (C=O) groups excluding carboxylic acids is 2. The first kappa shape index (κ1) is 28.5. The van der Waals surface area contributed by atoms with E-state index in [0.29, 0.717) is 54.5 Å². The summed E-state index contributed by atoms with van der Waals surface area (Å²) >= 11 is 0. The molecule has 2 aliphatic heterocycles. The van der Waals surface area contributed by atoms with Gasteiger partial charge in [-0.15, -0.1) is 0 Å². The number of nitrogens with one attached hydrogen (secondary N) is 1. The standard InChI is InChI=1S/C29H29FN6O3.C2H6/c1-29(39)17-35(16-18-2-4-20(5-3-18)36-32-11-12-33-36)13-10-24(29)22-6-8-25-23(27(22)30)14-19(15-31-25)21-7-9-26(37)34-28(21)38;1-2/h2-6,8,11-12,14-15,21,24,39H,7,9-10,13,16-17H2,1H3,(H,34,37,38);1-2H3. The molecule has 2 N–H and O–H groups in total. The summed E-state index contributed by atoms with van der Waals surface area (Å²) in [6, 6.07) is 13.1. The first-order chi connectivity index (χ1) is 19.8. The van der Waals surface area contributed by atoms with Crippen molar-refractivity contribution in [2.45, 2.75) is 64.0 Å². The normalized spacial score (nSPS) is 23.1. The van der Waals surface area contributed by atoms with Crippen LogP contribution in [0.15, 0.2) is 61.1 Å². The Labute approximate surface area is 238 Å². The second kappa shape index (κ2) is 11.8. The van der Waals surface area contributed by atoms with Gasteiger partial charge in [0.2, 0.25) is 11.8 Å². The van der Waals surface area contributed by atoms with Gasteiger partial charge in [0.05, 0.1) is 35.1 Å². The lowest BCUT2D eigenvalue weighted by molar-refractivity contribution is -0.134. The zero-order valence-corrected chi connectivity index (χ0v) is 23.5. The van der Waals surface area contributed by atoms with Gasteiger partial charge in [0.1, 0.15) is 5.82 Å². The van der Waals surface area contributed by atoms with Crippen LogP contribution in [-0.2, 0) is 16.1 Å². The molecule has 6 rings (SSSR count). The minimum absolute atomic E-state index is 0.240. The molecular weight excluding hydrogens is 523 g/mol. The van der Waals surface area contributed by atoms with E-state index < -0.39 is 23.3 Å². The number of aliphatic hydroxyl groups is 1. The Kier molecular flexibility index (Phi) is 8.23. The van der Waals surface area contributed by atoms with Crippen LogP contribution in [0.2, 0.25) is 0 Å². The van der Waals surface area contributed by atoms with Gasteiger partial charge in [0, 0.05) is 37.0 Å². The monoisotopic (exact) mass is 558 g/mol. The summed E-state index contributed by atoms with van der Waals surface area (Å²) in [5, 5.41) is 22.5. The maximum atomic E-state index is 16.0. The highest BCUT2D eigenvalue weighted by Gasteiger charge is 2.40. The summed E-state index contributed by atoms with van der Waals surface area (Å²) in [6.07, 6.45) is 6.04. The number of benzene rings is 2. The van der Waals surface area contributed by atoms with Gasteiger partial charge in [0.15, 0.2) is 0 Å². The van der Waals surface area contributed by atoms with Crippen molar-refractivity contribution in [1.82, 2.24) is 30.2 Å². The molecule has 2 aromatic carbocycles. The number of fused-ring (bicyclic) bond motifs is 1. The lowest BCUT2D eigenvalue weighted by Crippen LogP contribution is -2.50. The Hall–Kier alpha value is -4.02. The van der Waals surface area contributed by atoms with E-state index in [2.05, 4.69) is 25.4 Å². The molecule has 2 aliphatic rings. The van der Waals surface area contributed by atoms with Gasteiger partial charge in [-0.25, -0.2) is 4.39 Å². The number of halogens is 1. The predicted molar refractivity (Wildman–Crippen MR) is 153 cm³/mol.